The Kier molecular flexibility index (Phi) is 3.78. The smallest absolute Gasteiger partial charge is 0.259 e. The largest absolute Gasteiger partial charge is 0.457 e. The molecule has 6 nitrogen and oxygen atoms in total. The van der Waals surface area contributed by atoms with Gasteiger partial charge in [0, 0.05) is 23.1 Å². The molecule has 4 N–H and O–H groups in total. The molecule has 0 aromatic heterocycles. The van der Waals surface area contributed by atoms with Gasteiger partial charge in [-0.05, 0) is 54.6 Å². The molecule has 3 aromatic rings. The second-order valence-electron chi connectivity index (χ2n) is 5.87. The number of benzene rings is 3. The van der Waals surface area contributed by atoms with Gasteiger partial charge < -0.3 is 15.8 Å². The Morgan fingerprint density at radius 2 is 1.50 bits per heavy atom. The second-order valence-corrected chi connectivity index (χ2v) is 5.87. The number of imide groups is 1. The molecule has 0 bridgehead atoms. The minimum absolute atomic E-state index is 0.361. The maximum Gasteiger partial charge on any atom is 0.259 e. The summed E-state index contributed by atoms with van der Waals surface area (Å²) in [5.41, 5.74) is 8.70. The maximum atomic E-state index is 11.7. The van der Waals surface area contributed by atoms with Gasteiger partial charge in [0.05, 0.1) is 11.1 Å². The number of carbonyl (C=O) groups is 2. The number of hydrogen-bond donors (Lipinski definition) is 3. The molecule has 128 valence electrons. The summed E-state index contributed by atoms with van der Waals surface area (Å²) >= 11 is 0. The zero-order valence-corrected chi connectivity index (χ0v) is 13.7. The van der Waals surface area contributed by atoms with Crippen molar-refractivity contribution in [2.75, 3.05) is 11.1 Å². The Morgan fingerprint density at radius 3 is 2.27 bits per heavy atom. The number of fused-ring (bicyclic) bond motifs is 1. The molecule has 6 heteroatoms. The number of ether oxygens (including phenoxy) is 1. The van der Waals surface area contributed by atoms with Gasteiger partial charge in [0.15, 0.2) is 0 Å². The van der Waals surface area contributed by atoms with E-state index in [0.29, 0.717) is 28.3 Å². The summed E-state index contributed by atoms with van der Waals surface area (Å²) in [5.74, 6) is 0.610. The zero-order valence-electron chi connectivity index (χ0n) is 13.7. The average Bonchev–Trinajstić information content (AvgIpc) is 2.91. The molecule has 26 heavy (non-hydrogen) atoms. The van der Waals surface area contributed by atoms with Crippen LogP contribution in [0, 0.1) is 0 Å². The average molecular weight is 345 g/mol. The number of rotatable bonds is 4. The fraction of sp³-hybridized carbons (Fsp3) is 0. The van der Waals surface area contributed by atoms with E-state index in [1.165, 1.54) is 0 Å². The van der Waals surface area contributed by atoms with Crippen LogP contribution in [0.25, 0.3) is 0 Å². The SMILES string of the molecule is Nc1cccc(Oc2ccc(Nc3ccc4c(c3)C(=O)NC4=O)cc2)c1. The van der Waals surface area contributed by atoms with Gasteiger partial charge in [-0.25, -0.2) is 0 Å². The Balaban J connectivity index is 1.49. The van der Waals surface area contributed by atoms with E-state index in [0.717, 1.165) is 11.4 Å². The predicted molar refractivity (Wildman–Crippen MR) is 98.9 cm³/mol. The van der Waals surface area contributed by atoms with Gasteiger partial charge in [-0.15, -0.1) is 0 Å². The van der Waals surface area contributed by atoms with Crippen LogP contribution in [-0.2, 0) is 0 Å². The van der Waals surface area contributed by atoms with Crippen molar-refractivity contribution in [2.24, 2.45) is 0 Å². The van der Waals surface area contributed by atoms with Crippen LogP contribution in [0.3, 0.4) is 0 Å². The Hall–Kier alpha value is -3.80. The summed E-state index contributed by atoms with van der Waals surface area (Å²) in [6.07, 6.45) is 0. The van der Waals surface area contributed by atoms with Crippen LogP contribution < -0.4 is 21.1 Å². The number of hydrogen-bond acceptors (Lipinski definition) is 5. The topological polar surface area (TPSA) is 93.4 Å². The molecule has 0 saturated heterocycles. The third-order valence-corrected chi connectivity index (χ3v) is 3.97. The lowest BCUT2D eigenvalue weighted by molar-refractivity contribution is 0.0879. The highest BCUT2D eigenvalue weighted by molar-refractivity contribution is 6.21. The minimum atomic E-state index is -0.375. The van der Waals surface area contributed by atoms with Crippen molar-refractivity contribution in [3.63, 3.8) is 0 Å². The third kappa shape index (κ3) is 3.08. The third-order valence-electron chi connectivity index (χ3n) is 3.97. The molecule has 1 aliphatic rings. The van der Waals surface area contributed by atoms with Crippen molar-refractivity contribution >= 4 is 28.9 Å². The summed E-state index contributed by atoms with van der Waals surface area (Å²) in [6.45, 7) is 0. The molecular formula is C20H15N3O3. The van der Waals surface area contributed by atoms with E-state index in [9.17, 15) is 9.59 Å². The highest BCUT2D eigenvalue weighted by Gasteiger charge is 2.26. The van der Waals surface area contributed by atoms with Gasteiger partial charge in [0.25, 0.3) is 11.8 Å². The highest BCUT2D eigenvalue weighted by atomic mass is 16.5. The van der Waals surface area contributed by atoms with Crippen LogP contribution in [0.1, 0.15) is 20.7 Å². The molecule has 0 saturated carbocycles. The van der Waals surface area contributed by atoms with E-state index < -0.39 is 0 Å². The molecule has 0 unspecified atom stereocenters. The number of nitrogen functional groups attached to an aromatic ring is 1. The van der Waals surface area contributed by atoms with Gasteiger partial charge in [-0.3, -0.25) is 14.9 Å². The standard InChI is InChI=1S/C20H15N3O3/c21-12-2-1-3-16(10-12)26-15-7-4-13(5-8-15)22-14-6-9-17-18(11-14)20(25)23-19(17)24/h1-11,22H,21H2,(H,23,24,25). The summed E-state index contributed by atoms with van der Waals surface area (Å²) in [5, 5.41) is 5.48. The quantitative estimate of drug-likeness (QED) is 0.495. The molecular weight excluding hydrogens is 330 g/mol. The molecule has 3 aromatic carbocycles. The lowest BCUT2D eigenvalue weighted by atomic mass is 10.1. The predicted octanol–water partition coefficient (Wildman–Crippen LogP) is 3.69. The van der Waals surface area contributed by atoms with Gasteiger partial charge in [-0.1, -0.05) is 6.07 Å². The van der Waals surface area contributed by atoms with Crippen LogP contribution in [0.15, 0.2) is 66.7 Å². The van der Waals surface area contributed by atoms with E-state index in [1.54, 1.807) is 30.3 Å². The zero-order chi connectivity index (χ0) is 18.1. The molecule has 2 amide bonds. The Labute approximate surface area is 149 Å². The van der Waals surface area contributed by atoms with Crippen molar-refractivity contribution in [2.45, 2.75) is 0 Å². The van der Waals surface area contributed by atoms with E-state index in [4.69, 9.17) is 10.5 Å². The number of nitrogens with two attached hydrogens (primary N) is 1. The summed E-state index contributed by atoms with van der Waals surface area (Å²) in [7, 11) is 0. The lowest BCUT2D eigenvalue weighted by Gasteiger charge is -2.10. The van der Waals surface area contributed by atoms with Crippen molar-refractivity contribution in [1.29, 1.82) is 0 Å². The van der Waals surface area contributed by atoms with Crippen molar-refractivity contribution in [1.82, 2.24) is 5.32 Å². The fourth-order valence-corrected chi connectivity index (χ4v) is 2.73. The van der Waals surface area contributed by atoms with Crippen LogP contribution in [0.5, 0.6) is 11.5 Å². The van der Waals surface area contributed by atoms with Crippen molar-refractivity contribution < 1.29 is 14.3 Å². The molecule has 0 atom stereocenters. The number of carbonyl (C=O) groups excluding carboxylic acids is 2. The van der Waals surface area contributed by atoms with E-state index in [-0.39, 0.29) is 11.8 Å². The van der Waals surface area contributed by atoms with Gasteiger partial charge in [-0.2, -0.15) is 0 Å². The molecule has 1 aliphatic heterocycles. The van der Waals surface area contributed by atoms with E-state index in [2.05, 4.69) is 10.6 Å². The summed E-state index contributed by atoms with van der Waals surface area (Å²) < 4.78 is 5.75. The van der Waals surface area contributed by atoms with Crippen molar-refractivity contribution in [3.05, 3.63) is 77.9 Å². The number of amides is 2. The van der Waals surface area contributed by atoms with Gasteiger partial charge in [0.2, 0.25) is 0 Å². The molecule has 4 rings (SSSR count). The van der Waals surface area contributed by atoms with Gasteiger partial charge >= 0.3 is 0 Å². The summed E-state index contributed by atoms with van der Waals surface area (Å²) in [6, 6.07) is 19.6. The summed E-state index contributed by atoms with van der Waals surface area (Å²) in [4.78, 5) is 23.3. The molecule has 0 aliphatic carbocycles. The van der Waals surface area contributed by atoms with Crippen LogP contribution in [0.2, 0.25) is 0 Å². The normalized spacial score (nSPS) is 12.5. The first-order chi connectivity index (χ1) is 12.6. The maximum absolute atomic E-state index is 11.7. The van der Waals surface area contributed by atoms with E-state index in [1.807, 2.05) is 36.4 Å². The highest BCUT2D eigenvalue weighted by Crippen LogP contribution is 2.27. The Bertz CT molecular complexity index is 1010. The fourth-order valence-electron chi connectivity index (χ4n) is 2.73. The second kappa shape index (κ2) is 6.25. The van der Waals surface area contributed by atoms with Gasteiger partial charge in [0.1, 0.15) is 11.5 Å². The Morgan fingerprint density at radius 1 is 0.769 bits per heavy atom. The first-order valence-corrected chi connectivity index (χ1v) is 7.99. The van der Waals surface area contributed by atoms with Crippen LogP contribution in [-0.4, -0.2) is 11.8 Å². The molecule has 0 radical (unpaired) electrons. The van der Waals surface area contributed by atoms with Crippen molar-refractivity contribution in [3.8, 4) is 11.5 Å². The molecule has 0 spiro atoms. The first-order valence-electron chi connectivity index (χ1n) is 7.99. The minimum Gasteiger partial charge on any atom is -0.457 e. The lowest BCUT2D eigenvalue weighted by Crippen LogP contribution is -2.19. The van der Waals surface area contributed by atoms with Crippen LogP contribution >= 0.6 is 0 Å². The molecule has 0 fully saturated rings. The monoisotopic (exact) mass is 345 g/mol. The number of anilines is 3. The van der Waals surface area contributed by atoms with Crippen LogP contribution in [0.4, 0.5) is 17.1 Å². The first kappa shape index (κ1) is 15.7. The molecule has 1 heterocycles. The number of nitrogens with one attached hydrogen (secondary N) is 2. The van der Waals surface area contributed by atoms with E-state index >= 15 is 0 Å².